The van der Waals surface area contributed by atoms with Crippen LogP contribution in [0.4, 0.5) is 5.82 Å². The van der Waals surface area contributed by atoms with Crippen molar-refractivity contribution in [3.05, 3.63) is 23.9 Å². The summed E-state index contributed by atoms with van der Waals surface area (Å²) >= 11 is 0. The number of carbonyl (C=O) groups is 2. The number of hydrogen-bond acceptors (Lipinski definition) is 3. The first-order chi connectivity index (χ1) is 7.58. The van der Waals surface area contributed by atoms with Gasteiger partial charge in [0.25, 0.3) is 0 Å². The third-order valence-corrected chi connectivity index (χ3v) is 1.93. The van der Waals surface area contributed by atoms with Gasteiger partial charge in [0.15, 0.2) is 0 Å². The molecule has 2 N–H and O–H groups in total. The number of aromatic nitrogens is 1. The first-order valence-corrected chi connectivity index (χ1v) is 5.03. The molecule has 0 aromatic carbocycles. The second-order valence-corrected chi connectivity index (χ2v) is 3.44. The molecule has 0 aliphatic rings. The molecule has 1 rings (SSSR count). The molecule has 5 nitrogen and oxygen atoms in total. The number of nitrogens with zero attached hydrogens (tertiary/aromatic N) is 1. The maximum atomic E-state index is 10.8. The van der Waals surface area contributed by atoms with Crippen molar-refractivity contribution in [1.82, 2.24) is 4.98 Å². The van der Waals surface area contributed by atoms with Gasteiger partial charge in [0.1, 0.15) is 5.82 Å². The van der Waals surface area contributed by atoms with Crippen LogP contribution in [0.5, 0.6) is 0 Å². The van der Waals surface area contributed by atoms with E-state index in [0.717, 1.165) is 5.69 Å². The predicted octanol–water partition coefficient (Wildman–Crippen LogP) is 1.45. The zero-order chi connectivity index (χ0) is 12.0. The van der Waals surface area contributed by atoms with Gasteiger partial charge in [-0.25, -0.2) is 4.98 Å². The van der Waals surface area contributed by atoms with Crippen molar-refractivity contribution in [2.45, 2.75) is 26.2 Å². The first kappa shape index (κ1) is 12.2. The van der Waals surface area contributed by atoms with Gasteiger partial charge in [-0.2, -0.15) is 0 Å². The number of carboxylic acid groups (broad SMARTS) is 1. The molecule has 86 valence electrons. The average Bonchev–Trinajstić information content (AvgIpc) is 2.16. The normalized spacial score (nSPS) is 9.81. The van der Waals surface area contributed by atoms with E-state index in [1.54, 1.807) is 12.1 Å². The predicted molar refractivity (Wildman–Crippen MR) is 59.1 cm³/mol. The Bertz CT molecular complexity index is 391. The molecule has 0 unspecified atom stereocenters. The van der Waals surface area contributed by atoms with Crippen molar-refractivity contribution >= 4 is 17.7 Å². The number of anilines is 1. The van der Waals surface area contributed by atoms with Crippen molar-refractivity contribution < 1.29 is 14.7 Å². The van der Waals surface area contributed by atoms with Gasteiger partial charge in [-0.15, -0.1) is 0 Å². The lowest BCUT2D eigenvalue weighted by Gasteiger charge is -2.03. The van der Waals surface area contributed by atoms with Crippen LogP contribution in [0.25, 0.3) is 0 Å². The van der Waals surface area contributed by atoms with Gasteiger partial charge in [0.2, 0.25) is 5.91 Å². The molecule has 0 saturated carbocycles. The monoisotopic (exact) mass is 222 g/mol. The van der Waals surface area contributed by atoms with Crippen LogP contribution in [0.2, 0.25) is 0 Å². The lowest BCUT2D eigenvalue weighted by Crippen LogP contribution is -2.08. The van der Waals surface area contributed by atoms with Crippen LogP contribution in [0.1, 0.15) is 25.5 Å². The fraction of sp³-hybridized carbons (Fsp3) is 0.364. The maximum absolute atomic E-state index is 10.8. The van der Waals surface area contributed by atoms with Crippen LogP contribution < -0.4 is 5.32 Å². The van der Waals surface area contributed by atoms with Crippen LogP contribution >= 0.6 is 0 Å². The van der Waals surface area contributed by atoms with Gasteiger partial charge < -0.3 is 10.4 Å². The molecule has 0 radical (unpaired) electrons. The van der Waals surface area contributed by atoms with Gasteiger partial charge in [-0.1, -0.05) is 6.07 Å². The Morgan fingerprint density at radius 3 is 2.81 bits per heavy atom. The van der Waals surface area contributed by atoms with Gasteiger partial charge in [0, 0.05) is 19.0 Å². The number of rotatable bonds is 5. The van der Waals surface area contributed by atoms with Crippen molar-refractivity contribution in [2.24, 2.45) is 0 Å². The highest BCUT2D eigenvalue weighted by Crippen LogP contribution is 2.07. The van der Waals surface area contributed by atoms with E-state index in [1.165, 1.54) is 6.92 Å². The topological polar surface area (TPSA) is 79.3 Å². The van der Waals surface area contributed by atoms with Gasteiger partial charge in [-0.05, 0) is 25.0 Å². The van der Waals surface area contributed by atoms with Crippen molar-refractivity contribution in [3.63, 3.8) is 0 Å². The number of pyridine rings is 1. The van der Waals surface area contributed by atoms with Crippen LogP contribution in [0.15, 0.2) is 18.2 Å². The molecular formula is C11H14N2O3. The number of carbonyl (C=O) groups excluding carboxylic acids is 1. The zero-order valence-electron chi connectivity index (χ0n) is 9.06. The summed E-state index contributed by atoms with van der Waals surface area (Å²) in [6.45, 7) is 1.42. The molecule has 1 amide bonds. The van der Waals surface area contributed by atoms with Gasteiger partial charge in [-0.3, -0.25) is 9.59 Å². The summed E-state index contributed by atoms with van der Waals surface area (Å²) in [6.07, 6.45) is 1.28. The number of nitrogens with one attached hydrogen (secondary N) is 1. The van der Waals surface area contributed by atoms with Crippen LogP contribution in [-0.4, -0.2) is 22.0 Å². The number of aliphatic carboxylic acids is 1. The number of carboxylic acids is 1. The van der Waals surface area contributed by atoms with E-state index in [4.69, 9.17) is 5.11 Å². The molecule has 1 heterocycles. The third-order valence-electron chi connectivity index (χ3n) is 1.93. The Hall–Kier alpha value is -1.91. The first-order valence-electron chi connectivity index (χ1n) is 5.03. The molecular weight excluding hydrogens is 208 g/mol. The fourth-order valence-electron chi connectivity index (χ4n) is 1.29. The largest absolute Gasteiger partial charge is 0.481 e. The zero-order valence-corrected chi connectivity index (χ0v) is 9.06. The molecule has 1 aromatic heterocycles. The summed E-state index contributed by atoms with van der Waals surface area (Å²) in [7, 11) is 0. The lowest BCUT2D eigenvalue weighted by atomic mass is 10.2. The summed E-state index contributed by atoms with van der Waals surface area (Å²) in [5.41, 5.74) is 0.785. The highest BCUT2D eigenvalue weighted by Gasteiger charge is 2.01. The Morgan fingerprint density at radius 2 is 2.19 bits per heavy atom. The molecule has 16 heavy (non-hydrogen) atoms. The molecule has 0 aliphatic heterocycles. The van der Waals surface area contributed by atoms with E-state index in [-0.39, 0.29) is 12.3 Å². The summed E-state index contributed by atoms with van der Waals surface area (Å²) in [6, 6.07) is 5.30. The van der Waals surface area contributed by atoms with E-state index in [9.17, 15) is 9.59 Å². The van der Waals surface area contributed by atoms with Crippen LogP contribution in [0, 0.1) is 0 Å². The molecule has 5 heteroatoms. The third kappa shape index (κ3) is 4.54. The molecule has 1 aromatic rings. The maximum Gasteiger partial charge on any atom is 0.303 e. The summed E-state index contributed by atoms with van der Waals surface area (Å²) in [5, 5.41) is 11.1. The highest BCUT2D eigenvalue weighted by molar-refractivity contribution is 5.87. The van der Waals surface area contributed by atoms with E-state index in [2.05, 4.69) is 10.3 Å². The molecule has 0 bridgehead atoms. The second kappa shape index (κ2) is 5.85. The molecule has 0 saturated heterocycles. The Labute approximate surface area is 93.5 Å². The van der Waals surface area contributed by atoms with Crippen molar-refractivity contribution in [2.75, 3.05) is 5.32 Å². The number of hydrogen-bond donors (Lipinski definition) is 2. The smallest absolute Gasteiger partial charge is 0.303 e. The SMILES string of the molecule is CC(=O)Nc1cccc(CCCC(=O)O)n1. The number of amides is 1. The van der Waals surface area contributed by atoms with Crippen molar-refractivity contribution in [1.29, 1.82) is 0 Å². The Kier molecular flexibility index (Phi) is 4.44. The summed E-state index contributed by atoms with van der Waals surface area (Å²) in [5.74, 6) is -0.478. The minimum Gasteiger partial charge on any atom is -0.481 e. The molecule has 0 fully saturated rings. The van der Waals surface area contributed by atoms with Crippen LogP contribution in [-0.2, 0) is 16.0 Å². The molecule has 0 aliphatic carbocycles. The average molecular weight is 222 g/mol. The Balaban J connectivity index is 2.53. The summed E-state index contributed by atoms with van der Waals surface area (Å²) < 4.78 is 0. The number of aryl methyl sites for hydroxylation is 1. The van der Waals surface area contributed by atoms with E-state index >= 15 is 0 Å². The molecule has 0 atom stereocenters. The minimum atomic E-state index is -0.807. The quantitative estimate of drug-likeness (QED) is 0.790. The second-order valence-electron chi connectivity index (χ2n) is 3.44. The molecule has 0 spiro atoms. The van der Waals surface area contributed by atoms with Gasteiger partial charge in [0.05, 0.1) is 0 Å². The van der Waals surface area contributed by atoms with Crippen molar-refractivity contribution in [3.8, 4) is 0 Å². The van der Waals surface area contributed by atoms with Gasteiger partial charge >= 0.3 is 5.97 Å². The van der Waals surface area contributed by atoms with E-state index in [1.807, 2.05) is 6.07 Å². The standard InChI is InChI=1S/C11H14N2O3/c1-8(14)12-10-6-2-4-9(13-10)5-3-7-11(15)16/h2,4,6H,3,5,7H2,1H3,(H,15,16)(H,12,13,14). The van der Waals surface area contributed by atoms with E-state index < -0.39 is 5.97 Å². The Morgan fingerprint density at radius 1 is 1.44 bits per heavy atom. The van der Waals surface area contributed by atoms with Crippen LogP contribution in [0.3, 0.4) is 0 Å². The fourth-order valence-corrected chi connectivity index (χ4v) is 1.29. The highest BCUT2D eigenvalue weighted by atomic mass is 16.4. The minimum absolute atomic E-state index is 0.131. The van der Waals surface area contributed by atoms with E-state index in [0.29, 0.717) is 18.7 Å². The lowest BCUT2D eigenvalue weighted by molar-refractivity contribution is -0.137. The summed E-state index contributed by atoms with van der Waals surface area (Å²) in [4.78, 5) is 25.3.